The van der Waals surface area contributed by atoms with E-state index < -0.39 is 5.60 Å². The third-order valence-electron chi connectivity index (χ3n) is 9.09. The number of aromatic nitrogens is 3. The molecule has 3 aliphatic heterocycles. The molecule has 2 aromatic heterocycles. The molecule has 0 radical (unpaired) electrons. The first-order valence-electron chi connectivity index (χ1n) is 16.1. The van der Waals surface area contributed by atoms with E-state index in [9.17, 15) is 4.79 Å². The predicted molar refractivity (Wildman–Crippen MR) is 178 cm³/mol. The quantitative estimate of drug-likeness (QED) is 0.317. The molecule has 0 bridgehead atoms. The van der Waals surface area contributed by atoms with E-state index in [-0.39, 0.29) is 23.2 Å². The largest absolute Gasteiger partial charge is 0.444 e. The zero-order valence-electron chi connectivity index (χ0n) is 27.8. The molecule has 0 unspecified atom stereocenters. The molecular weight excluding hydrogens is 566 g/mol. The van der Waals surface area contributed by atoms with Crippen molar-refractivity contribution in [2.24, 2.45) is 0 Å². The fraction of sp³-hybridized carbons (Fsp3) is 0.543. The van der Waals surface area contributed by atoms with E-state index in [0.29, 0.717) is 19.1 Å². The third kappa shape index (κ3) is 6.57. The Hall–Kier alpha value is -3.92. The van der Waals surface area contributed by atoms with E-state index >= 15 is 0 Å². The fourth-order valence-electron chi connectivity index (χ4n) is 6.63. The fourth-order valence-corrected chi connectivity index (χ4v) is 6.63. The van der Waals surface area contributed by atoms with Crippen molar-refractivity contribution in [1.29, 1.82) is 0 Å². The topological polar surface area (TPSA) is 96.0 Å². The van der Waals surface area contributed by atoms with Crippen molar-refractivity contribution in [3.8, 4) is 0 Å². The average molecular weight is 614 g/mol. The number of fused-ring (bicyclic) bond motifs is 3. The van der Waals surface area contributed by atoms with Crippen LogP contribution in [0.15, 0.2) is 48.7 Å². The molecule has 0 saturated carbocycles. The number of anilines is 5. The molecular formula is C35H47N7O3. The standard InChI is InChI=1S/C35H47N7O3/c1-33(2,3)45-32(43)40(7)22-25-12-11-13-29(37-25)42-28-20-34(4,5)44-23-35(28,6)27-21-36-31(39-30(27)42)38-24-14-16-26(17-15-24)41-18-9-8-10-19-41/h11-17,21,28H,8-10,18-20,22-23H2,1-7H3,(H,36,38,39)/t28-,35-/m1/s1. The van der Waals surface area contributed by atoms with Gasteiger partial charge in [-0.15, -0.1) is 0 Å². The lowest BCUT2D eigenvalue weighted by Crippen LogP contribution is -2.54. The Morgan fingerprint density at radius 2 is 1.80 bits per heavy atom. The van der Waals surface area contributed by atoms with Crippen LogP contribution in [0.2, 0.25) is 0 Å². The lowest BCUT2D eigenvalue weighted by molar-refractivity contribution is -0.0893. The number of piperidine rings is 1. The summed E-state index contributed by atoms with van der Waals surface area (Å²) in [4.78, 5) is 33.9. The number of rotatable bonds is 6. The SMILES string of the molecule is CN(Cc1cccc(N2c3nc(Nc4ccc(N5CCCCC5)cc4)ncc3[C@@]3(C)COC(C)(C)C[C@@H]23)n1)C(=O)OC(C)(C)C. The van der Waals surface area contributed by atoms with Crippen molar-refractivity contribution in [2.75, 3.05) is 41.9 Å². The van der Waals surface area contributed by atoms with E-state index in [1.807, 2.05) is 45.2 Å². The Bertz CT molecular complexity index is 1530. The number of carbonyl (C=O) groups is 1. The maximum atomic E-state index is 12.7. The molecule has 1 amide bonds. The van der Waals surface area contributed by atoms with Crippen LogP contribution in [0.25, 0.3) is 0 Å². The van der Waals surface area contributed by atoms with Crippen LogP contribution in [0, 0.1) is 0 Å². The molecule has 0 spiro atoms. The molecule has 3 aromatic rings. The van der Waals surface area contributed by atoms with Gasteiger partial charge >= 0.3 is 6.09 Å². The zero-order valence-corrected chi connectivity index (χ0v) is 27.8. The van der Waals surface area contributed by atoms with Gasteiger partial charge in [0.15, 0.2) is 0 Å². The first-order valence-corrected chi connectivity index (χ1v) is 16.1. The monoisotopic (exact) mass is 613 g/mol. The van der Waals surface area contributed by atoms with E-state index in [0.717, 1.165) is 48.1 Å². The highest BCUT2D eigenvalue weighted by molar-refractivity contribution is 5.71. The second kappa shape index (κ2) is 11.8. The number of ether oxygens (including phenoxy) is 2. The Morgan fingerprint density at radius 1 is 1.07 bits per heavy atom. The Morgan fingerprint density at radius 3 is 2.51 bits per heavy atom. The second-order valence-corrected chi connectivity index (χ2v) is 14.5. The lowest BCUT2D eigenvalue weighted by atomic mass is 9.73. The summed E-state index contributed by atoms with van der Waals surface area (Å²) in [5.74, 6) is 2.15. The van der Waals surface area contributed by atoms with E-state index in [2.05, 4.69) is 60.2 Å². The first-order chi connectivity index (χ1) is 21.3. The maximum absolute atomic E-state index is 12.7. The van der Waals surface area contributed by atoms with Gasteiger partial charge in [0.05, 0.1) is 30.5 Å². The number of hydrogen-bond acceptors (Lipinski definition) is 9. The van der Waals surface area contributed by atoms with E-state index in [1.54, 1.807) is 11.9 Å². The number of pyridine rings is 1. The summed E-state index contributed by atoms with van der Waals surface area (Å²) in [6, 6.07) is 14.6. The van der Waals surface area contributed by atoms with Crippen LogP contribution in [0.1, 0.15) is 78.5 Å². The van der Waals surface area contributed by atoms with Gasteiger partial charge in [-0.25, -0.2) is 14.8 Å². The molecule has 0 aliphatic carbocycles. The third-order valence-corrected chi connectivity index (χ3v) is 9.09. The zero-order chi connectivity index (χ0) is 32.0. The minimum atomic E-state index is -0.568. The molecule has 10 heteroatoms. The van der Waals surface area contributed by atoms with Gasteiger partial charge in [-0.3, -0.25) is 0 Å². The number of amides is 1. The lowest BCUT2D eigenvalue weighted by Gasteiger charge is -2.46. The highest BCUT2D eigenvalue weighted by Crippen LogP contribution is 2.53. The average Bonchev–Trinajstić information content (AvgIpc) is 3.24. The van der Waals surface area contributed by atoms with Crippen molar-refractivity contribution >= 4 is 35.1 Å². The smallest absolute Gasteiger partial charge is 0.410 e. The summed E-state index contributed by atoms with van der Waals surface area (Å²) in [5.41, 5.74) is 2.83. The normalized spacial score (nSPS) is 22.4. The van der Waals surface area contributed by atoms with Gasteiger partial charge in [-0.2, -0.15) is 4.98 Å². The van der Waals surface area contributed by atoms with Crippen molar-refractivity contribution in [1.82, 2.24) is 19.9 Å². The molecule has 2 saturated heterocycles. The molecule has 1 N–H and O–H groups in total. The number of nitrogens with one attached hydrogen (secondary N) is 1. The van der Waals surface area contributed by atoms with E-state index in [1.165, 1.54) is 24.9 Å². The molecule has 2 fully saturated rings. The summed E-state index contributed by atoms with van der Waals surface area (Å²) >= 11 is 0. The van der Waals surface area contributed by atoms with Crippen LogP contribution in [0.4, 0.5) is 33.8 Å². The number of benzene rings is 1. The van der Waals surface area contributed by atoms with Crippen LogP contribution in [-0.2, 0) is 21.4 Å². The minimum absolute atomic E-state index is 0.0657. The molecule has 5 heterocycles. The molecule has 240 valence electrons. The predicted octanol–water partition coefficient (Wildman–Crippen LogP) is 6.95. The molecule has 10 nitrogen and oxygen atoms in total. The van der Waals surface area contributed by atoms with Crippen molar-refractivity contribution in [3.63, 3.8) is 0 Å². The summed E-state index contributed by atoms with van der Waals surface area (Å²) in [6.45, 7) is 15.2. The van der Waals surface area contributed by atoms with Crippen molar-refractivity contribution < 1.29 is 14.3 Å². The first kappa shape index (κ1) is 31.1. The molecule has 3 aliphatic rings. The Kier molecular flexibility index (Phi) is 8.14. The van der Waals surface area contributed by atoms with Gasteiger partial charge in [-0.05, 0) is 96.7 Å². The van der Waals surface area contributed by atoms with Gasteiger partial charge in [-0.1, -0.05) is 13.0 Å². The Labute approximate surface area is 267 Å². The number of hydrogen-bond donors (Lipinski definition) is 1. The highest BCUT2D eigenvalue weighted by Gasteiger charge is 2.55. The molecule has 45 heavy (non-hydrogen) atoms. The van der Waals surface area contributed by atoms with Gasteiger partial charge in [0.25, 0.3) is 0 Å². The Balaban J connectivity index is 1.30. The van der Waals surface area contributed by atoms with Crippen LogP contribution in [0.5, 0.6) is 0 Å². The number of nitrogens with zero attached hydrogens (tertiary/aromatic N) is 6. The van der Waals surface area contributed by atoms with Gasteiger partial charge in [0, 0.05) is 48.7 Å². The minimum Gasteiger partial charge on any atom is -0.444 e. The van der Waals surface area contributed by atoms with Crippen LogP contribution in [0.3, 0.4) is 0 Å². The van der Waals surface area contributed by atoms with E-state index in [4.69, 9.17) is 24.4 Å². The van der Waals surface area contributed by atoms with Crippen LogP contribution < -0.4 is 15.1 Å². The van der Waals surface area contributed by atoms with Gasteiger partial charge < -0.3 is 29.5 Å². The molecule has 2 atom stereocenters. The number of carbonyl (C=O) groups excluding carboxylic acids is 1. The van der Waals surface area contributed by atoms with Gasteiger partial charge in [0.1, 0.15) is 17.2 Å². The molecule has 6 rings (SSSR count). The summed E-state index contributed by atoms with van der Waals surface area (Å²) < 4.78 is 11.9. The van der Waals surface area contributed by atoms with Crippen molar-refractivity contribution in [2.45, 2.75) is 96.4 Å². The molecule has 1 aromatic carbocycles. The van der Waals surface area contributed by atoms with Crippen LogP contribution >= 0.6 is 0 Å². The summed E-state index contributed by atoms with van der Waals surface area (Å²) in [7, 11) is 1.73. The highest BCUT2D eigenvalue weighted by atomic mass is 16.6. The van der Waals surface area contributed by atoms with Crippen LogP contribution in [-0.4, -0.2) is 69.9 Å². The second-order valence-electron chi connectivity index (χ2n) is 14.5. The summed E-state index contributed by atoms with van der Waals surface area (Å²) in [5, 5.41) is 3.44. The van der Waals surface area contributed by atoms with Crippen molar-refractivity contribution in [3.05, 3.63) is 59.9 Å². The maximum Gasteiger partial charge on any atom is 0.410 e. The van der Waals surface area contributed by atoms with Gasteiger partial charge in [0.2, 0.25) is 5.95 Å². The summed E-state index contributed by atoms with van der Waals surface area (Å²) in [6.07, 6.45) is 6.17.